The zero-order valence-electron chi connectivity index (χ0n) is 13.7. The lowest BCUT2D eigenvalue weighted by Crippen LogP contribution is -2.20. The summed E-state index contributed by atoms with van der Waals surface area (Å²) in [6, 6.07) is 0. The maximum atomic E-state index is 5.95. The second-order valence-electron chi connectivity index (χ2n) is 6.78. The van der Waals surface area contributed by atoms with Gasteiger partial charge in [-0.05, 0) is 42.1 Å². The number of nitrogens with zero attached hydrogens (tertiary/aromatic N) is 2. The number of rotatable bonds is 4. The molecule has 0 radical (unpaired) electrons. The largest absolute Gasteiger partial charge is 0.369 e. The van der Waals surface area contributed by atoms with Crippen molar-refractivity contribution in [1.82, 2.24) is 9.97 Å². The van der Waals surface area contributed by atoms with Gasteiger partial charge in [0.2, 0.25) is 0 Å². The van der Waals surface area contributed by atoms with Gasteiger partial charge in [-0.1, -0.05) is 27.7 Å². The predicted octanol–water partition coefficient (Wildman–Crippen LogP) is 4.60. The van der Waals surface area contributed by atoms with E-state index in [-0.39, 0.29) is 11.5 Å². The average Bonchev–Trinajstić information content (AvgIpc) is 2.83. The third kappa shape index (κ3) is 3.95. The molecule has 1 aliphatic rings. The van der Waals surface area contributed by atoms with Crippen molar-refractivity contribution in [1.29, 1.82) is 0 Å². The summed E-state index contributed by atoms with van der Waals surface area (Å²) in [6.45, 7) is 11.7. The molecule has 0 aromatic carbocycles. The van der Waals surface area contributed by atoms with Crippen LogP contribution in [0.25, 0.3) is 0 Å². The first-order chi connectivity index (χ1) is 9.82. The Morgan fingerprint density at radius 3 is 2.52 bits per heavy atom. The van der Waals surface area contributed by atoms with Crippen molar-refractivity contribution in [2.24, 2.45) is 0 Å². The van der Waals surface area contributed by atoms with Crippen LogP contribution in [0.4, 0.5) is 5.82 Å². The monoisotopic (exact) mass is 355 g/mol. The lowest BCUT2D eigenvalue weighted by atomic mass is 9.91. The Labute approximate surface area is 136 Å². The molecule has 118 valence electrons. The van der Waals surface area contributed by atoms with Crippen molar-refractivity contribution < 1.29 is 4.74 Å². The van der Waals surface area contributed by atoms with Gasteiger partial charge in [-0.15, -0.1) is 0 Å². The molecule has 0 saturated carbocycles. The van der Waals surface area contributed by atoms with E-state index in [2.05, 4.69) is 55.9 Å². The molecule has 2 heterocycles. The number of hydrogen-bond acceptors (Lipinski definition) is 4. The SMILES string of the molecule is CCCNc1nc(C2CCC(C)O2)nc(C(C)(C)C)c1Br. The van der Waals surface area contributed by atoms with Crippen LogP contribution in [0.3, 0.4) is 0 Å². The van der Waals surface area contributed by atoms with Crippen LogP contribution in [0.5, 0.6) is 0 Å². The van der Waals surface area contributed by atoms with Crippen LogP contribution in [0.1, 0.15) is 71.5 Å². The van der Waals surface area contributed by atoms with E-state index in [4.69, 9.17) is 14.7 Å². The summed E-state index contributed by atoms with van der Waals surface area (Å²) in [4.78, 5) is 9.51. The van der Waals surface area contributed by atoms with Gasteiger partial charge in [0, 0.05) is 12.0 Å². The minimum atomic E-state index is -0.0383. The van der Waals surface area contributed by atoms with Gasteiger partial charge in [-0.3, -0.25) is 0 Å². The van der Waals surface area contributed by atoms with E-state index in [1.807, 2.05) is 0 Å². The summed E-state index contributed by atoms with van der Waals surface area (Å²) in [6.07, 6.45) is 3.46. The minimum absolute atomic E-state index is 0.0244. The standard InChI is InChI=1S/C16H26BrN3O/c1-6-9-18-15-12(17)13(16(3,4)5)19-14(20-15)11-8-7-10(2)21-11/h10-11H,6-9H2,1-5H3,(H,18,19,20). The van der Waals surface area contributed by atoms with Crippen LogP contribution in [0.2, 0.25) is 0 Å². The number of aromatic nitrogens is 2. The summed E-state index contributed by atoms with van der Waals surface area (Å²) >= 11 is 3.67. The van der Waals surface area contributed by atoms with Crippen LogP contribution < -0.4 is 5.32 Å². The smallest absolute Gasteiger partial charge is 0.159 e. The molecule has 1 saturated heterocycles. The molecule has 0 aliphatic carbocycles. The first kappa shape index (κ1) is 16.7. The fraction of sp³-hybridized carbons (Fsp3) is 0.750. The lowest BCUT2D eigenvalue weighted by molar-refractivity contribution is 0.0501. The van der Waals surface area contributed by atoms with E-state index in [0.29, 0.717) is 6.10 Å². The van der Waals surface area contributed by atoms with Crippen molar-refractivity contribution in [3.63, 3.8) is 0 Å². The van der Waals surface area contributed by atoms with Gasteiger partial charge >= 0.3 is 0 Å². The summed E-state index contributed by atoms with van der Waals surface area (Å²) < 4.78 is 6.92. The number of halogens is 1. The fourth-order valence-electron chi connectivity index (χ4n) is 2.46. The lowest BCUT2D eigenvalue weighted by Gasteiger charge is -2.23. The van der Waals surface area contributed by atoms with Crippen LogP contribution >= 0.6 is 15.9 Å². The van der Waals surface area contributed by atoms with E-state index in [0.717, 1.165) is 47.6 Å². The van der Waals surface area contributed by atoms with E-state index >= 15 is 0 Å². The highest BCUT2D eigenvalue weighted by molar-refractivity contribution is 9.10. The highest BCUT2D eigenvalue weighted by atomic mass is 79.9. The van der Waals surface area contributed by atoms with Crippen molar-refractivity contribution in [2.75, 3.05) is 11.9 Å². The Balaban J connectivity index is 2.41. The molecular weight excluding hydrogens is 330 g/mol. The summed E-state index contributed by atoms with van der Waals surface area (Å²) in [7, 11) is 0. The Hall–Kier alpha value is -0.680. The molecular formula is C16H26BrN3O. The quantitative estimate of drug-likeness (QED) is 0.857. The van der Waals surface area contributed by atoms with Crippen molar-refractivity contribution in [3.05, 3.63) is 16.0 Å². The van der Waals surface area contributed by atoms with Crippen LogP contribution in [0.15, 0.2) is 4.47 Å². The topological polar surface area (TPSA) is 47.0 Å². The van der Waals surface area contributed by atoms with Crippen LogP contribution in [-0.4, -0.2) is 22.6 Å². The molecule has 2 unspecified atom stereocenters. The number of anilines is 1. The van der Waals surface area contributed by atoms with E-state index in [1.165, 1.54) is 0 Å². The zero-order chi connectivity index (χ0) is 15.6. The van der Waals surface area contributed by atoms with Crippen molar-refractivity contribution in [3.8, 4) is 0 Å². The molecule has 0 spiro atoms. The van der Waals surface area contributed by atoms with Gasteiger partial charge in [-0.2, -0.15) is 0 Å². The molecule has 0 amide bonds. The van der Waals surface area contributed by atoms with E-state index in [1.54, 1.807) is 0 Å². The Kier molecular flexibility index (Phi) is 5.25. The van der Waals surface area contributed by atoms with Gasteiger partial charge in [0.15, 0.2) is 5.82 Å². The molecule has 5 heteroatoms. The molecule has 1 N–H and O–H groups in total. The van der Waals surface area contributed by atoms with Gasteiger partial charge in [0.05, 0.1) is 16.3 Å². The molecule has 4 nitrogen and oxygen atoms in total. The van der Waals surface area contributed by atoms with Crippen molar-refractivity contribution >= 4 is 21.7 Å². The number of nitrogens with one attached hydrogen (secondary N) is 1. The van der Waals surface area contributed by atoms with Crippen LogP contribution in [0, 0.1) is 0 Å². The van der Waals surface area contributed by atoms with Gasteiger partial charge in [0.1, 0.15) is 11.9 Å². The van der Waals surface area contributed by atoms with Crippen LogP contribution in [-0.2, 0) is 10.2 Å². The first-order valence-corrected chi connectivity index (χ1v) is 8.59. The molecule has 21 heavy (non-hydrogen) atoms. The highest BCUT2D eigenvalue weighted by Gasteiger charge is 2.29. The summed E-state index contributed by atoms with van der Waals surface area (Å²) in [5.41, 5.74) is 0.998. The third-order valence-corrected chi connectivity index (χ3v) is 4.39. The fourth-order valence-corrected chi connectivity index (χ4v) is 3.37. The summed E-state index contributed by atoms with van der Waals surface area (Å²) in [5, 5.41) is 3.40. The van der Waals surface area contributed by atoms with Gasteiger partial charge < -0.3 is 10.1 Å². The zero-order valence-corrected chi connectivity index (χ0v) is 15.2. The molecule has 2 atom stereocenters. The van der Waals surface area contributed by atoms with E-state index in [9.17, 15) is 0 Å². The normalized spacial score (nSPS) is 22.6. The average molecular weight is 356 g/mol. The van der Waals surface area contributed by atoms with Gasteiger partial charge in [0.25, 0.3) is 0 Å². The predicted molar refractivity (Wildman–Crippen MR) is 89.7 cm³/mol. The maximum absolute atomic E-state index is 5.95. The molecule has 1 aromatic heterocycles. The Bertz CT molecular complexity index is 499. The number of ether oxygens (including phenoxy) is 1. The minimum Gasteiger partial charge on any atom is -0.369 e. The second-order valence-corrected chi connectivity index (χ2v) is 7.58. The first-order valence-electron chi connectivity index (χ1n) is 7.80. The molecule has 1 fully saturated rings. The Morgan fingerprint density at radius 1 is 1.29 bits per heavy atom. The molecule has 2 rings (SSSR count). The Morgan fingerprint density at radius 2 is 2.00 bits per heavy atom. The van der Waals surface area contributed by atoms with E-state index < -0.39 is 0 Å². The molecule has 0 bridgehead atoms. The molecule has 1 aliphatic heterocycles. The third-order valence-electron chi connectivity index (χ3n) is 3.64. The second kappa shape index (κ2) is 6.61. The maximum Gasteiger partial charge on any atom is 0.159 e. The van der Waals surface area contributed by atoms with Gasteiger partial charge in [-0.25, -0.2) is 9.97 Å². The highest BCUT2D eigenvalue weighted by Crippen LogP contribution is 2.37. The number of hydrogen-bond donors (Lipinski definition) is 1. The van der Waals surface area contributed by atoms with Crippen molar-refractivity contribution in [2.45, 2.75) is 71.5 Å². The molecule has 1 aromatic rings. The summed E-state index contributed by atoms with van der Waals surface area (Å²) in [5.74, 6) is 1.70.